The van der Waals surface area contributed by atoms with E-state index in [2.05, 4.69) is 22.5 Å². The highest BCUT2D eigenvalue weighted by Gasteiger charge is 2.25. The molecule has 0 fully saturated rings. The molecule has 0 radical (unpaired) electrons. The minimum atomic E-state index is -1.27. The molecule has 3 aromatic carbocycles. The van der Waals surface area contributed by atoms with Gasteiger partial charge in [-0.15, -0.1) is 0 Å². The van der Waals surface area contributed by atoms with E-state index in [4.69, 9.17) is 5.21 Å². The highest BCUT2D eigenvalue weighted by Crippen LogP contribution is 2.10. The number of benzene rings is 3. The molecule has 0 spiro atoms. The van der Waals surface area contributed by atoms with Crippen molar-refractivity contribution in [1.29, 1.82) is 0 Å². The predicted octanol–water partition coefficient (Wildman–Crippen LogP) is 2.68. The molecule has 168 valence electrons. The van der Waals surface area contributed by atoms with Crippen molar-refractivity contribution in [2.45, 2.75) is 25.6 Å². The zero-order chi connectivity index (χ0) is 23.6. The van der Waals surface area contributed by atoms with Crippen LogP contribution in [0.5, 0.6) is 0 Å². The lowest BCUT2D eigenvalue weighted by molar-refractivity contribution is -0.133. The number of rotatable bonds is 7. The number of para-hydroxylation sites is 1. The molecule has 0 bridgehead atoms. The summed E-state index contributed by atoms with van der Waals surface area (Å²) in [7, 11) is 0. The molecule has 33 heavy (non-hydrogen) atoms. The summed E-state index contributed by atoms with van der Waals surface area (Å²) in [5, 5.41) is 24.1. The van der Waals surface area contributed by atoms with Crippen LogP contribution in [0, 0.1) is 11.8 Å². The minimum absolute atomic E-state index is 0.298. The average Bonchev–Trinajstić information content (AvgIpc) is 2.85. The van der Waals surface area contributed by atoms with Gasteiger partial charge in [0.1, 0.15) is 6.04 Å². The van der Waals surface area contributed by atoms with Crippen LogP contribution in [0.4, 0.5) is 5.69 Å². The van der Waals surface area contributed by atoms with Crippen molar-refractivity contribution in [1.82, 2.24) is 10.8 Å². The largest absolute Gasteiger partial charge is 0.391 e. The fourth-order valence-corrected chi connectivity index (χ4v) is 3.01. The maximum absolute atomic E-state index is 12.3. The standard InChI is InChI=1S/C26H25N3O4/c1-18(30)24(26(32)29-33)28-25(31)22-15-13-20(14-16-22)8-7-19-9-11-21(12-10-19)17-27-23-5-3-2-4-6-23/h2-6,9-16,18,24,27,30,33H,17H2,1H3,(H,28,31)(H,29,32). The molecule has 3 aromatic rings. The van der Waals surface area contributed by atoms with Gasteiger partial charge in [0.05, 0.1) is 6.10 Å². The summed E-state index contributed by atoms with van der Waals surface area (Å²) in [5.41, 5.74) is 5.53. The maximum Gasteiger partial charge on any atom is 0.268 e. The van der Waals surface area contributed by atoms with Crippen molar-refractivity contribution in [2.24, 2.45) is 0 Å². The summed E-state index contributed by atoms with van der Waals surface area (Å²) in [5.74, 6) is 4.70. The van der Waals surface area contributed by atoms with Crippen molar-refractivity contribution in [3.8, 4) is 11.8 Å². The van der Waals surface area contributed by atoms with Gasteiger partial charge < -0.3 is 15.7 Å². The first-order chi connectivity index (χ1) is 16.0. The molecule has 7 heteroatoms. The second-order valence-electron chi connectivity index (χ2n) is 7.41. The Balaban J connectivity index is 1.58. The lowest BCUT2D eigenvalue weighted by atomic mass is 10.1. The summed E-state index contributed by atoms with van der Waals surface area (Å²) < 4.78 is 0. The first-order valence-corrected chi connectivity index (χ1v) is 10.4. The second kappa shape index (κ2) is 11.5. The third-order valence-electron chi connectivity index (χ3n) is 4.88. The molecule has 0 aliphatic carbocycles. The fraction of sp³-hybridized carbons (Fsp3) is 0.154. The lowest BCUT2D eigenvalue weighted by Crippen LogP contribution is -2.51. The highest BCUT2D eigenvalue weighted by molar-refractivity contribution is 5.97. The van der Waals surface area contributed by atoms with Crippen LogP contribution in [0.1, 0.15) is 34.0 Å². The normalized spacial score (nSPS) is 12.0. The number of amides is 2. The number of nitrogens with one attached hydrogen (secondary N) is 3. The van der Waals surface area contributed by atoms with Crippen LogP contribution < -0.4 is 16.1 Å². The molecule has 2 unspecified atom stereocenters. The van der Waals surface area contributed by atoms with Gasteiger partial charge >= 0.3 is 0 Å². The lowest BCUT2D eigenvalue weighted by Gasteiger charge is -2.19. The molecular formula is C26H25N3O4. The highest BCUT2D eigenvalue weighted by atomic mass is 16.5. The Kier molecular flexibility index (Phi) is 8.19. The van der Waals surface area contributed by atoms with Gasteiger partial charge in [-0.25, -0.2) is 5.48 Å². The van der Waals surface area contributed by atoms with E-state index < -0.39 is 24.0 Å². The molecule has 0 saturated carbocycles. The van der Waals surface area contributed by atoms with Crippen molar-refractivity contribution in [2.75, 3.05) is 5.32 Å². The van der Waals surface area contributed by atoms with Crippen molar-refractivity contribution in [3.63, 3.8) is 0 Å². The zero-order valence-electron chi connectivity index (χ0n) is 18.1. The smallest absolute Gasteiger partial charge is 0.268 e. The molecule has 3 rings (SSSR count). The number of hydrogen-bond donors (Lipinski definition) is 5. The summed E-state index contributed by atoms with van der Waals surface area (Å²) in [6, 6.07) is 23.2. The molecule has 0 heterocycles. The van der Waals surface area contributed by atoms with Gasteiger partial charge in [0.15, 0.2) is 0 Å². The van der Waals surface area contributed by atoms with E-state index in [0.29, 0.717) is 5.56 Å². The minimum Gasteiger partial charge on any atom is -0.391 e. The van der Waals surface area contributed by atoms with Gasteiger partial charge in [-0.3, -0.25) is 14.8 Å². The van der Waals surface area contributed by atoms with E-state index in [9.17, 15) is 14.7 Å². The molecule has 7 nitrogen and oxygen atoms in total. The topological polar surface area (TPSA) is 111 Å². The van der Waals surface area contributed by atoms with Crippen LogP contribution in [0.25, 0.3) is 0 Å². The van der Waals surface area contributed by atoms with Crippen LogP contribution in [0.2, 0.25) is 0 Å². The SMILES string of the molecule is CC(O)C(NC(=O)c1ccc(C#Cc2ccc(CNc3ccccc3)cc2)cc1)C(=O)NO. The van der Waals surface area contributed by atoms with Gasteiger partial charge in [-0.05, 0) is 61.0 Å². The number of hydroxylamine groups is 1. The van der Waals surface area contributed by atoms with Gasteiger partial charge in [0.25, 0.3) is 11.8 Å². The summed E-state index contributed by atoms with van der Waals surface area (Å²) in [6.07, 6.45) is -1.17. The van der Waals surface area contributed by atoms with E-state index in [0.717, 1.165) is 28.9 Å². The molecule has 2 atom stereocenters. The van der Waals surface area contributed by atoms with E-state index in [1.165, 1.54) is 12.4 Å². The molecule has 2 amide bonds. The summed E-state index contributed by atoms with van der Waals surface area (Å²) >= 11 is 0. The Labute approximate surface area is 192 Å². The first-order valence-electron chi connectivity index (χ1n) is 10.4. The number of aliphatic hydroxyl groups excluding tert-OH is 1. The Bertz CT molecular complexity index is 1130. The third-order valence-corrected chi connectivity index (χ3v) is 4.88. The van der Waals surface area contributed by atoms with Crippen LogP contribution in [0.15, 0.2) is 78.9 Å². The van der Waals surface area contributed by atoms with Gasteiger partial charge in [-0.1, -0.05) is 42.2 Å². The summed E-state index contributed by atoms with van der Waals surface area (Å²) in [6.45, 7) is 2.06. The van der Waals surface area contributed by atoms with Gasteiger partial charge in [-0.2, -0.15) is 0 Å². The van der Waals surface area contributed by atoms with Crippen molar-refractivity contribution >= 4 is 17.5 Å². The first kappa shape index (κ1) is 23.5. The molecule has 0 saturated heterocycles. The van der Waals surface area contributed by atoms with E-state index >= 15 is 0 Å². The molecule has 0 aromatic heterocycles. The Morgan fingerprint density at radius 2 is 1.45 bits per heavy atom. The Morgan fingerprint density at radius 3 is 2.00 bits per heavy atom. The monoisotopic (exact) mass is 443 g/mol. The van der Waals surface area contributed by atoms with Crippen molar-refractivity contribution in [3.05, 3.63) is 101 Å². The number of anilines is 1. The van der Waals surface area contributed by atoms with Gasteiger partial charge in [0, 0.05) is 28.9 Å². The average molecular weight is 444 g/mol. The second-order valence-corrected chi connectivity index (χ2v) is 7.41. The predicted molar refractivity (Wildman–Crippen MR) is 125 cm³/mol. The molecule has 0 aliphatic heterocycles. The number of carbonyl (C=O) groups is 2. The number of aliphatic hydroxyl groups is 1. The summed E-state index contributed by atoms with van der Waals surface area (Å²) in [4.78, 5) is 23.9. The number of carbonyl (C=O) groups excluding carboxylic acids is 2. The van der Waals surface area contributed by atoms with Gasteiger partial charge in [0.2, 0.25) is 0 Å². The fourth-order valence-electron chi connectivity index (χ4n) is 3.01. The van der Waals surface area contributed by atoms with Crippen molar-refractivity contribution < 1.29 is 19.9 Å². The molecular weight excluding hydrogens is 418 g/mol. The zero-order valence-corrected chi connectivity index (χ0v) is 18.1. The van der Waals surface area contributed by atoms with E-state index in [1.807, 2.05) is 54.6 Å². The van der Waals surface area contributed by atoms with Crippen LogP contribution in [0.3, 0.4) is 0 Å². The van der Waals surface area contributed by atoms with Crippen LogP contribution >= 0.6 is 0 Å². The quantitative estimate of drug-likeness (QED) is 0.219. The van der Waals surface area contributed by atoms with Crippen LogP contribution in [-0.2, 0) is 11.3 Å². The third kappa shape index (κ3) is 6.94. The Morgan fingerprint density at radius 1 is 0.879 bits per heavy atom. The number of hydrogen-bond acceptors (Lipinski definition) is 5. The molecule has 5 N–H and O–H groups in total. The molecule has 0 aliphatic rings. The van der Waals surface area contributed by atoms with Crippen LogP contribution in [-0.4, -0.2) is 34.3 Å². The van der Waals surface area contributed by atoms with E-state index in [-0.39, 0.29) is 0 Å². The Hall–Kier alpha value is -4.12. The maximum atomic E-state index is 12.3. The van der Waals surface area contributed by atoms with E-state index in [1.54, 1.807) is 24.3 Å².